The summed E-state index contributed by atoms with van der Waals surface area (Å²) in [6.07, 6.45) is 4.03. The van der Waals surface area contributed by atoms with Gasteiger partial charge in [-0.3, -0.25) is 4.98 Å². The Morgan fingerprint density at radius 2 is 1.84 bits per heavy atom. The number of benzene rings is 1. The van der Waals surface area contributed by atoms with Crippen LogP contribution in [0.25, 0.3) is 5.69 Å². The molecule has 0 saturated carbocycles. The van der Waals surface area contributed by atoms with Crippen LogP contribution in [0.15, 0.2) is 61.1 Å². The number of para-hydroxylation sites is 1. The van der Waals surface area contributed by atoms with Crippen LogP contribution in [-0.4, -0.2) is 25.1 Å². The van der Waals surface area contributed by atoms with Crippen molar-refractivity contribution in [3.05, 3.63) is 72.3 Å². The first-order chi connectivity index (χ1) is 9.34. The molecule has 2 heterocycles. The van der Waals surface area contributed by atoms with E-state index in [1.165, 1.54) is 4.80 Å². The molecule has 0 saturated heterocycles. The Kier molecular flexibility index (Phi) is 3.04. The first-order valence-corrected chi connectivity index (χ1v) is 5.90. The van der Waals surface area contributed by atoms with Crippen molar-refractivity contribution in [2.24, 2.45) is 0 Å². The van der Waals surface area contributed by atoms with E-state index in [1.54, 1.807) is 30.7 Å². The summed E-state index contributed by atoms with van der Waals surface area (Å²) in [7, 11) is 0. The van der Waals surface area contributed by atoms with Crippen LogP contribution in [-0.2, 0) is 0 Å². The van der Waals surface area contributed by atoms with E-state index < -0.39 is 6.10 Å². The Balaban J connectivity index is 1.90. The zero-order chi connectivity index (χ0) is 13.1. The molecule has 1 atom stereocenters. The van der Waals surface area contributed by atoms with Crippen LogP contribution in [0.1, 0.15) is 17.4 Å². The van der Waals surface area contributed by atoms with Gasteiger partial charge in [0.25, 0.3) is 0 Å². The van der Waals surface area contributed by atoms with Crippen LogP contribution < -0.4 is 0 Å². The first-order valence-electron chi connectivity index (χ1n) is 5.90. The summed E-state index contributed by atoms with van der Waals surface area (Å²) in [6.45, 7) is 0. The van der Waals surface area contributed by atoms with E-state index in [2.05, 4.69) is 15.2 Å². The van der Waals surface area contributed by atoms with Gasteiger partial charge in [0, 0.05) is 18.0 Å². The molecule has 0 aliphatic rings. The zero-order valence-electron chi connectivity index (χ0n) is 10.1. The Labute approximate surface area is 110 Å². The topological polar surface area (TPSA) is 63.8 Å². The third kappa shape index (κ3) is 2.36. The predicted octanol–water partition coefficient (Wildman–Crippen LogP) is 1.74. The van der Waals surface area contributed by atoms with E-state index in [4.69, 9.17) is 0 Å². The van der Waals surface area contributed by atoms with Crippen molar-refractivity contribution < 1.29 is 5.11 Å². The fraction of sp³-hybridized carbons (Fsp3) is 0.0714. The number of hydrogen-bond donors (Lipinski definition) is 1. The van der Waals surface area contributed by atoms with Gasteiger partial charge in [0.1, 0.15) is 11.8 Å². The van der Waals surface area contributed by atoms with Gasteiger partial charge < -0.3 is 5.11 Å². The Hall–Kier alpha value is -2.53. The second kappa shape index (κ2) is 4.99. The zero-order valence-corrected chi connectivity index (χ0v) is 10.1. The minimum Gasteiger partial charge on any atom is -0.382 e. The second-order valence-corrected chi connectivity index (χ2v) is 4.08. The minimum absolute atomic E-state index is 0.497. The van der Waals surface area contributed by atoms with Gasteiger partial charge in [0.15, 0.2) is 0 Å². The molecule has 0 radical (unpaired) electrons. The highest BCUT2D eigenvalue weighted by molar-refractivity contribution is 5.29. The quantitative estimate of drug-likeness (QED) is 0.771. The largest absolute Gasteiger partial charge is 0.382 e. The highest BCUT2D eigenvalue weighted by Crippen LogP contribution is 2.18. The Bertz CT molecular complexity index is 651. The summed E-state index contributed by atoms with van der Waals surface area (Å²) in [5.41, 5.74) is 2.05. The summed E-state index contributed by atoms with van der Waals surface area (Å²) < 4.78 is 0. The maximum atomic E-state index is 10.2. The van der Waals surface area contributed by atoms with Crippen molar-refractivity contribution in [1.82, 2.24) is 20.0 Å². The Morgan fingerprint density at radius 3 is 2.58 bits per heavy atom. The van der Waals surface area contributed by atoms with E-state index in [0.717, 1.165) is 5.69 Å². The molecule has 0 bridgehead atoms. The van der Waals surface area contributed by atoms with Crippen molar-refractivity contribution in [2.45, 2.75) is 6.10 Å². The van der Waals surface area contributed by atoms with E-state index >= 15 is 0 Å². The monoisotopic (exact) mass is 252 g/mol. The molecule has 0 aliphatic carbocycles. The van der Waals surface area contributed by atoms with Crippen molar-refractivity contribution in [3.8, 4) is 5.69 Å². The molecule has 94 valence electrons. The SMILES string of the molecule is OC(c1cccnc1)c1cnn(-c2ccccc2)n1. The summed E-state index contributed by atoms with van der Waals surface area (Å²) in [5, 5.41) is 18.6. The number of nitrogens with zero attached hydrogens (tertiary/aromatic N) is 4. The number of rotatable bonds is 3. The maximum Gasteiger partial charge on any atom is 0.126 e. The lowest BCUT2D eigenvalue weighted by molar-refractivity contribution is 0.214. The molecule has 2 aromatic heterocycles. The molecule has 5 nitrogen and oxygen atoms in total. The van der Waals surface area contributed by atoms with Gasteiger partial charge in [-0.25, -0.2) is 0 Å². The minimum atomic E-state index is -0.814. The van der Waals surface area contributed by atoms with Crippen molar-refractivity contribution in [3.63, 3.8) is 0 Å². The molecule has 1 aromatic carbocycles. The van der Waals surface area contributed by atoms with E-state index in [1.807, 2.05) is 30.3 Å². The van der Waals surface area contributed by atoms with Crippen LogP contribution in [0.4, 0.5) is 0 Å². The molecule has 5 heteroatoms. The standard InChI is InChI=1S/C14H12N4O/c19-14(11-5-4-8-15-9-11)13-10-16-18(17-13)12-6-2-1-3-7-12/h1-10,14,19H. The van der Waals surface area contributed by atoms with Crippen LogP contribution in [0.2, 0.25) is 0 Å². The molecule has 1 N–H and O–H groups in total. The molecule has 3 aromatic rings. The fourth-order valence-electron chi connectivity index (χ4n) is 1.79. The van der Waals surface area contributed by atoms with Crippen LogP contribution in [0, 0.1) is 0 Å². The van der Waals surface area contributed by atoms with E-state index in [-0.39, 0.29) is 0 Å². The molecule has 0 aliphatic heterocycles. The van der Waals surface area contributed by atoms with Gasteiger partial charge in [-0.15, -0.1) is 0 Å². The summed E-state index contributed by atoms with van der Waals surface area (Å²) in [6, 6.07) is 13.1. The van der Waals surface area contributed by atoms with Crippen molar-refractivity contribution in [1.29, 1.82) is 0 Å². The van der Waals surface area contributed by atoms with Gasteiger partial charge in [0.2, 0.25) is 0 Å². The first kappa shape index (κ1) is 11.6. The van der Waals surface area contributed by atoms with E-state index in [0.29, 0.717) is 11.3 Å². The number of aliphatic hydroxyl groups excluding tert-OH is 1. The number of aliphatic hydroxyl groups is 1. The molecule has 3 rings (SSSR count). The van der Waals surface area contributed by atoms with Gasteiger partial charge in [-0.2, -0.15) is 15.0 Å². The highest BCUT2D eigenvalue weighted by Gasteiger charge is 2.14. The van der Waals surface area contributed by atoms with Crippen LogP contribution in [0.5, 0.6) is 0 Å². The smallest absolute Gasteiger partial charge is 0.126 e. The number of hydrogen-bond acceptors (Lipinski definition) is 4. The highest BCUT2D eigenvalue weighted by atomic mass is 16.3. The molecule has 1 unspecified atom stereocenters. The Morgan fingerprint density at radius 1 is 1.00 bits per heavy atom. The third-order valence-electron chi connectivity index (χ3n) is 2.78. The lowest BCUT2D eigenvalue weighted by Crippen LogP contribution is -2.03. The van der Waals surface area contributed by atoms with Crippen molar-refractivity contribution >= 4 is 0 Å². The van der Waals surface area contributed by atoms with Gasteiger partial charge >= 0.3 is 0 Å². The van der Waals surface area contributed by atoms with Crippen LogP contribution >= 0.6 is 0 Å². The van der Waals surface area contributed by atoms with Crippen LogP contribution in [0.3, 0.4) is 0 Å². The second-order valence-electron chi connectivity index (χ2n) is 4.08. The normalized spacial score (nSPS) is 12.3. The van der Waals surface area contributed by atoms with Gasteiger partial charge in [-0.1, -0.05) is 24.3 Å². The average molecular weight is 252 g/mol. The number of aromatic nitrogens is 4. The average Bonchev–Trinajstić information content (AvgIpc) is 2.98. The number of pyridine rings is 1. The van der Waals surface area contributed by atoms with Crippen molar-refractivity contribution in [2.75, 3.05) is 0 Å². The molecular weight excluding hydrogens is 240 g/mol. The molecule has 0 fully saturated rings. The lowest BCUT2D eigenvalue weighted by Gasteiger charge is -2.06. The molecule has 19 heavy (non-hydrogen) atoms. The fourth-order valence-corrected chi connectivity index (χ4v) is 1.79. The summed E-state index contributed by atoms with van der Waals surface area (Å²) in [4.78, 5) is 5.48. The van der Waals surface area contributed by atoms with Gasteiger partial charge in [0.05, 0.1) is 11.9 Å². The molecule has 0 spiro atoms. The maximum absolute atomic E-state index is 10.2. The summed E-state index contributed by atoms with van der Waals surface area (Å²) >= 11 is 0. The van der Waals surface area contributed by atoms with E-state index in [9.17, 15) is 5.11 Å². The van der Waals surface area contributed by atoms with Gasteiger partial charge in [-0.05, 0) is 18.2 Å². The predicted molar refractivity (Wildman–Crippen MR) is 69.7 cm³/mol. The molecule has 0 amide bonds. The molecular formula is C14H12N4O. The lowest BCUT2D eigenvalue weighted by atomic mass is 10.1. The summed E-state index contributed by atoms with van der Waals surface area (Å²) in [5.74, 6) is 0. The third-order valence-corrected chi connectivity index (χ3v) is 2.78.